The van der Waals surface area contributed by atoms with Crippen molar-refractivity contribution >= 4 is 11.9 Å². The quantitative estimate of drug-likeness (QED) is 0.659. The van der Waals surface area contributed by atoms with Crippen molar-refractivity contribution in [2.75, 3.05) is 0 Å². The van der Waals surface area contributed by atoms with Crippen molar-refractivity contribution in [3.05, 3.63) is 48.3 Å². The highest BCUT2D eigenvalue weighted by atomic mass is 15.2. The number of aryl methyl sites for hydroxylation is 1. The van der Waals surface area contributed by atoms with E-state index in [-0.39, 0.29) is 0 Å². The molecule has 0 saturated carbocycles. The van der Waals surface area contributed by atoms with E-state index >= 15 is 0 Å². The highest BCUT2D eigenvalue weighted by molar-refractivity contribution is 5.81. The Labute approximate surface area is 82.7 Å². The molecule has 0 bridgehead atoms. The van der Waals surface area contributed by atoms with Gasteiger partial charge in [0.1, 0.15) is 0 Å². The number of rotatable bonds is 2. The van der Waals surface area contributed by atoms with Gasteiger partial charge in [0.2, 0.25) is 0 Å². The minimum absolute atomic E-state index is 0.955. The van der Waals surface area contributed by atoms with Crippen LogP contribution >= 0.6 is 0 Å². The van der Waals surface area contributed by atoms with Gasteiger partial charge in [-0.1, -0.05) is 18.2 Å². The molecule has 0 spiro atoms. The monoisotopic (exact) mass is 185 g/mol. The van der Waals surface area contributed by atoms with E-state index in [0.29, 0.717) is 0 Å². The minimum Gasteiger partial charge on any atom is -0.275 e. The minimum atomic E-state index is 0.955. The van der Waals surface area contributed by atoms with E-state index in [1.165, 1.54) is 0 Å². The lowest BCUT2D eigenvalue weighted by atomic mass is 10.3. The topological polar surface area (TPSA) is 30.2 Å². The first-order chi connectivity index (χ1) is 6.84. The molecule has 0 aliphatic rings. The van der Waals surface area contributed by atoms with Crippen LogP contribution in [0.15, 0.2) is 47.7 Å². The van der Waals surface area contributed by atoms with Crippen LogP contribution in [0.3, 0.4) is 0 Å². The molecule has 1 aromatic carbocycles. The van der Waals surface area contributed by atoms with Crippen molar-refractivity contribution in [1.82, 2.24) is 9.78 Å². The maximum atomic E-state index is 4.31. The van der Waals surface area contributed by atoms with Gasteiger partial charge in [-0.05, 0) is 12.1 Å². The maximum Gasteiger partial charge on any atom is 0.0629 e. The van der Waals surface area contributed by atoms with E-state index in [2.05, 4.69) is 10.1 Å². The van der Waals surface area contributed by atoms with Gasteiger partial charge in [-0.2, -0.15) is 5.10 Å². The summed E-state index contributed by atoms with van der Waals surface area (Å²) in [4.78, 5) is 4.31. The summed E-state index contributed by atoms with van der Waals surface area (Å²) in [5, 5.41) is 4.05. The molecule has 2 rings (SSSR count). The number of hydrogen-bond acceptors (Lipinski definition) is 2. The zero-order chi connectivity index (χ0) is 9.80. The molecule has 2 aromatic rings. The summed E-state index contributed by atoms with van der Waals surface area (Å²) in [7, 11) is 1.89. The van der Waals surface area contributed by atoms with E-state index in [0.717, 1.165) is 11.3 Å². The first-order valence-electron chi connectivity index (χ1n) is 4.42. The molecule has 3 nitrogen and oxygen atoms in total. The fourth-order valence-electron chi connectivity index (χ4n) is 1.17. The standard InChI is InChI=1S/C11H11N3/c1-14-9-10(8-13-14)7-12-11-5-3-2-4-6-11/h2-9H,1H3. The molecule has 0 fully saturated rings. The predicted molar refractivity (Wildman–Crippen MR) is 56.9 cm³/mol. The van der Waals surface area contributed by atoms with Crippen molar-refractivity contribution in [2.24, 2.45) is 12.0 Å². The van der Waals surface area contributed by atoms with E-state index in [1.54, 1.807) is 10.9 Å². The van der Waals surface area contributed by atoms with Gasteiger partial charge < -0.3 is 0 Å². The SMILES string of the molecule is Cn1cc(C=Nc2ccccc2)cn1. The molecule has 0 N–H and O–H groups in total. The number of aromatic nitrogens is 2. The van der Waals surface area contributed by atoms with Gasteiger partial charge in [-0.3, -0.25) is 9.67 Å². The van der Waals surface area contributed by atoms with E-state index in [9.17, 15) is 0 Å². The zero-order valence-electron chi connectivity index (χ0n) is 7.96. The molecular formula is C11H11N3. The Morgan fingerprint density at radius 2 is 2.07 bits per heavy atom. The fourth-order valence-corrected chi connectivity index (χ4v) is 1.17. The van der Waals surface area contributed by atoms with Crippen molar-refractivity contribution in [3.8, 4) is 0 Å². The number of para-hydroxylation sites is 1. The molecule has 0 unspecified atom stereocenters. The molecule has 0 aliphatic carbocycles. The zero-order valence-corrected chi connectivity index (χ0v) is 7.96. The highest BCUT2D eigenvalue weighted by Crippen LogP contribution is 2.09. The smallest absolute Gasteiger partial charge is 0.0629 e. The first kappa shape index (κ1) is 8.69. The average Bonchev–Trinajstić information content (AvgIpc) is 2.63. The Hall–Kier alpha value is -1.90. The molecule has 1 heterocycles. The van der Waals surface area contributed by atoms with Crippen LogP contribution in [-0.4, -0.2) is 16.0 Å². The summed E-state index contributed by atoms with van der Waals surface area (Å²) in [6.45, 7) is 0. The molecule has 14 heavy (non-hydrogen) atoms. The van der Waals surface area contributed by atoms with Crippen LogP contribution in [0, 0.1) is 0 Å². The summed E-state index contributed by atoms with van der Waals surface area (Å²) >= 11 is 0. The second-order valence-electron chi connectivity index (χ2n) is 3.04. The summed E-state index contributed by atoms with van der Waals surface area (Å²) in [6.07, 6.45) is 5.52. The van der Waals surface area contributed by atoms with Crippen molar-refractivity contribution in [1.29, 1.82) is 0 Å². The summed E-state index contributed by atoms with van der Waals surface area (Å²) in [5.74, 6) is 0. The lowest BCUT2D eigenvalue weighted by Gasteiger charge is -1.89. The van der Waals surface area contributed by atoms with Gasteiger partial charge in [0, 0.05) is 25.0 Å². The number of aliphatic imine (C=N–C) groups is 1. The predicted octanol–water partition coefficient (Wildman–Crippen LogP) is 2.17. The number of nitrogens with zero attached hydrogens (tertiary/aromatic N) is 3. The van der Waals surface area contributed by atoms with Gasteiger partial charge in [0.15, 0.2) is 0 Å². The second-order valence-corrected chi connectivity index (χ2v) is 3.04. The van der Waals surface area contributed by atoms with Crippen molar-refractivity contribution < 1.29 is 0 Å². The van der Waals surface area contributed by atoms with Gasteiger partial charge in [0.05, 0.1) is 11.9 Å². The van der Waals surface area contributed by atoms with Crippen molar-refractivity contribution in [3.63, 3.8) is 0 Å². The van der Waals surface area contributed by atoms with Crippen LogP contribution in [0.1, 0.15) is 5.56 Å². The normalized spacial score (nSPS) is 10.9. The Balaban J connectivity index is 2.15. The average molecular weight is 185 g/mol. The van der Waals surface area contributed by atoms with E-state index in [1.807, 2.05) is 49.8 Å². The van der Waals surface area contributed by atoms with Gasteiger partial charge >= 0.3 is 0 Å². The Kier molecular flexibility index (Phi) is 2.40. The van der Waals surface area contributed by atoms with Gasteiger partial charge in [0.25, 0.3) is 0 Å². The first-order valence-corrected chi connectivity index (χ1v) is 4.42. The van der Waals surface area contributed by atoms with Crippen LogP contribution in [-0.2, 0) is 7.05 Å². The Morgan fingerprint density at radius 3 is 2.71 bits per heavy atom. The number of benzene rings is 1. The molecule has 1 aromatic heterocycles. The van der Waals surface area contributed by atoms with Crippen LogP contribution in [0.2, 0.25) is 0 Å². The number of hydrogen-bond donors (Lipinski definition) is 0. The second kappa shape index (κ2) is 3.87. The van der Waals surface area contributed by atoms with E-state index < -0.39 is 0 Å². The summed E-state index contributed by atoms with van der Waals surface area (Å²) < 4.78 is 1.76. The molecular weight excluding hydrogens is 174 g/mol. The largest absolute Gasteiger partial charge is 0.275 e. The van der Waals surface area contributed by atoms with Gasteiger partial charge in [-0.15, -0.1) is 0 Å². The van der Waals surface area contributed by atoms with Crippen LogP contribution in [0.4, 0.5) is 5.69 Å². The third-order valence-corrected chi connectivity index (χ3v) is 1.84. The molecule has 0 atom stereocenters. The molecule has 3 heteroatoms. The third-order valence-electron chi connectivity index (χ3n) is 1.84. The molecule has 0 radical (unpaired) electrons. The van der Waals surface area contributed by atoms with Gasteiger partial charge in [-0.25, -0.2) is 0 Å². The van der Waals surface area contributed by atoms with E-state index in [4.69, 9.17) is 0 Å². The van der Waals surface area contributed by atoms with Crippen LogP contribution in [0.5, 0.6) is 0 Å². The van der Waals surface area contributed by atoms with Crippen molar-refractivity contribution in [2.45, 2.75) is 0 Å². The lowest BCUT2D eigenvalue weighted by molar-refractivity contribution is 0.767. The Morgan fingerprint density at radius 1 is 1.29 bits per heavy atom. The highest BCUT2D eigenvalue weighted by Gasteiger charge is 1.90. The maximum absolute atomic E-state index is 4.31. The third kappa shape index (κ3) is 2.07. The summed E-state index contributed by atoms with van der Waals surface area (Å²) in [6, 6.07) is 9.84. The summed E-state index contributed by atoms with van der Waals surface area (Å²) in [5.41, 5.74) is 1.97. The van der Waals surface area contributed by atoms with Crippen LogP contribution in [0.25, 0.3) is 0 Å². The van der Waals surface area contributed by atoms with Crippen LogP contribution < -0.4 is 0 Å². The molecule has 0 saturated heterocycles. The molecule has 0 aliphatic heterocycles. The Bertz CT molecular complexity index is 429. The lowest BCUT2D eigenvalue weighted by Crippen LogP contribution is -1.84. The molecule has 70 valence electrons. The molecule has 0 amide bonds. The fraction of sp³-hybridized carbons (Fsp3) is 0.0909.